The van der Waals surface area contributed by atoms with Gasteiger partial charge < -0.3 is 25.0 Å². The number of halogens is 3. The minimum atomic E-state index is -2.12. The number of hydrogen-bond donors (Lipinski definition) is 3. The monoisotopic (exact) mass is 609 g/mol. The Hall–Kier alpha value is -2.30. The van der Waals surface area contributed by atoms with Crippen molar-refractivity contribution in [3.63, 3.8) is 0 Å². The highest BCUT2D eigenvalue weighted by atomic mass is 35.6. The summed E-state index contributed by atoms with van der Waals surface area (Å²) in [6.45, 7) is 1.95. The highest BCUT2D eigenvalue weighted by molar-refractivity contribution is 7.99. The smallest absolute Gasteiger partial charge is 0.336 e. The van der Waals surface area contributed by atoms with Crippen LogP contribution in [0.5, 0.6) is 0 Å². The Morgan fingerprint density at radius 1 is 0.974 bits per heavy atom. The van der Waals surface area contributed by atoms with Crippen LogP contribution in [0.1, 0.15) is 46.4 Å². The number of carboxylic acids is 1. The Balaban J connectivity index is 1.61. The second kappa shape index (κ2) is 12.9. The maximum atomic E-state index is 12.2. The molecule has 0 saturated carbocycles. The maximum absolute atomic E-state index is 12.2. The maximum Gasteiger partial charge on any atom is 0.336 e. The van der Waals surface area contributed by atoms with E-state index in [-0.39, 0.29) is 30.3 Å². The molecule has 1 aliphatic heterocycles. The molecule has 39 heavy (non-hydrogen) atoms. The number of amides is 1. The number of carbonyl (C=O) groups excluding carboxylic acids is 1. The Morgan fingerprint density at radius 2 is 1.69 bits per heavy atom. The van der Waals surface area contributed by atoms with Crippen LogP contribution in [0.4, 0.5) is 5.69 Å². The second-order valence-electron chi connectivity index (χ2n) is 9.01. The zero-order chi connectivity index (χ0) is 28.2. The van der Waals surface area contributed by atoms with Crippen molar-refractivity contribution >= 4 is 64.1 Å². The summed E-state index contributed by atoms with van der Waals surface area (Å²) in [4.78, 5) is 24.5. The first-order valence-electron chi connectivity index (χ1n) is 12.0. The van der Waals surface area contributed by atoms with Gasteiger partial charge in [0.25, 0.3) is 9.70 Å². The van der Waals surface area contributed by atoms with E-state index in [1.807, 2.05) is 37.3 Å². The van der Waals surface area contributed by atoms with E-state index in [0.29, 0.717) is 21.9 Å². The van der Waals surface area contributed by atoms with Crippen LogP contribution in [0.15, 0.2) is 77.7 Å². The molecule has 1 aliphatic rings. The number of alkyl halides is 3. The molecule has 7 nitrogen and oxygen atoms in total. The molecule has 0 aliphatic carbocycles. The fourth-order valence-electron chi connectivity index (χ4n) is 4.22. The van der Waals surface area contributed by atoms with Crippen LogP contribution >= 0.6 is 46.6 Å². The molecule has 3 N–H and O–H groups in total. The Morgan fingerprint density at radius 3 is 2.36 bits per heavy atom. The van der Waals surface area contributed by atoms with Crippen LogP contribution in [-0.4, -0.2) is 37.7 Å². The number of anilines is 1. The van der Waals surface area contributed by atoms with Gasteiger partial charge in [-0.3, -0.25) is 4.79 Å². The summed E-state index contributed by atoms with van der Waals surface area (Å²) in [5, 5.41) is 21.6. The van der Waals surface area contributed by atoms with Crippen molar-refractivity contribution in [1.29, 1.82) is 0 Å². The van der Waals surface area contributed by atoms with Gasteiger partial charge in [0.15, 0.2) is 6.29 Å². The van der Waals surface area contributed by atoms with Crippen LogP contribution in [0.2, 0.25) is 0 Å². The molecule has 4 rings (SSSR count). The number of aliphatic hydroxyl groups is 1. The molecule has 0 spiro atoms. The fraction of sp³-hybridized carbons (Fsp3) is 0.286. The van der Waals surface area contributed by atoms with Crippen LogP contribution in [0, 0.1) is 5.92 Å². The van der Waals surface area contributed by atoms with E-state index in [1.165, 1.54) is 11.8 Å². The van der Waals surface area contributed by atoms with Gasteiger partial charge in [-0.25, -0.2) is 4.79 Å². The standard InChI is InChI=1S/C28H26Cl3NO6S/c1-16-22(15-39-23-8-3-2-7-21(23)25(34)35)37-26(38-24(16)18-11-9-17(14-33)10-12-18)19-5-4-6-20(13-19)32-27(36)28(29,30)31/h2-13,16,22,24,26,33H,14-15H2,1H3,(H,32,36)(H,34,35)/t16-,22+,24+,26+/m0/s1. The van der Waals surface area contributed by atoms with Crippen molar-refractivity contribution in [3.05, 3.63) is 95.1 Å². The second-order valence-corrected chi connectivity index (χ2v) is 12.4. The van der Waals surface area contributed by atoms with Gasteiger partial charge in [0, 0.05) is 27.8 Å². The quantitative estimate of drug-likeness (QED) is 0.191. The van der Waals surface area contributed by atoms with Gasteiger partial charge in [-0.1, -0.05) is 90.3 Å². The normalized spacial score (nSPS) is 21.4. The molecule has 11 heteroatoms. The zero-order valence-corrected chi connectivity index (χ0v) is 23.8. The summed E-state index contributed by atoms with van der Waals surface area (Å²) in [7, 11) is 0. The largest absolute Gasteiger partial charge is 0.478 e. The van der Waals surface area contributed by atoms with E-state index in [9.17, 15) is 19.8 Å². The van der Waals surface area contributed by atoms with Gasteiger partial charge in [-0.2, -0.15) is 0 Å². The molecule has 0 aromatic heterocycles. The van der Waals surface area contributed by atoms with Gasteiger partial charge in [-0.05, 0) is 35.4 Å². The van der Waals surface area contributed by atoms with E-state index in [0.717, 1.165) is 11.1 Å². The number of ether oxygens (including phenoxy) is 2. The Bertz CT molecular complexity index is 1320. The van der Waals surface area contributed by atoms with Crippen LogP contribution < -0.4 is 5.32 Å². The molecule has 0 radical (unpaired) electrons. The molecule has 1 amide bonds. The number of rotatable bonds is 8. The summed E-state index contributed by atoms with van der Waals surface area (Å²) in [5.41, 5.74) is 2.97. The van der Waals surface area contributed by atoms with E-state index in [1.54, 1.807) is 42.5 Å². The summed E-state index contributed by atoms with van der Waals surface area (Å²) in [5.74, 6) is -1.41. The van der Waals surface area contributed by atoms with Crippen molar-refractivity contribution in [3.8, 4) is 0 Å². The lowest BCUT2D eigenvalue weighted by Gasteiger charge is -2.41. The van der Waals surface area contributed by atoms with Crippen molar-refractivity contribution < 1.29 is 29.3 Å². The first kappa shape index (κ1) is 29.7. The summed E-state index contributed by atoms with van der Waals surface area (Å²) in [6.07, 6.45) is -1.48. The molecular weight excluding hydrogens is 585 g/mol. The minimum absolute atomic E-state index is 0.0674. The molecular formula is C28H26Cl3NO6S. The van der Waals surface area contributed by atoms with Gasteiger partial charge >= 0.3 is 5.97 Å². The third kappa shape index (κ3) is 7.46. The number of benzene rings is 3. The number of aromatic carboxylic acids is 1. The summed E-state index contributed by atoms with van der Waals surface area (Å²) < 4.78 is 10.7. The number of carboxylic acid groups (broad SMARTS) is 1. The van der Waals surface area contributed by atoms with Crippen LogP contribution in [0.25, 0.3) is 0 Å². The van der Waals surface area contributed by atoms with Gasteiger partial charge in [0.05, 0.1) is 24.4 Å². The Kier molecular flexibility index (Phi) is 9.82. The third-order valence-corrected chi connectivity index (χ3v) is 8.00. The zero-order valence-electron chi connectivity index (χ0n) is 20.7. The average molecular weight is 611 g/mol. The van der Waals surface area contributed by atoms with Crippen LogP contribution in [-0.2, 0) is 20.9 Å². The minimum Gasteiger partial charge on any atom is -0.478 e. The number of carbonyl (C=O) groups is 2. The van der Waals surface area contributed by atoms with Crippen molar-refractivity contribution in [1.82, 2.24) is 0 Å². The Labute approximate surface area is 245 Å². The number of aliphatic hydroxyl groups excluding tert-OH is 1. The molecule has 0 unspecified atom stereocenters. The van der Waals surface area contributed by atoms with Gasteiger partial charge in [-0.15, -0.1) is 11.8 Å². The number of thioether (sulfide) groups is 1. The number of nitrogens with one attached hydrogen (secondary N) is 1. The van der Waals surface area contributed by atoms with E-state index in [4.69, 9.17) is 44.3 Å². The van der Waals surface area contributed by atoms with Crippen molar-refractivity contribution in [2.24, 2.45) is 5.92 Å². The lowest BCUT2D eigenvalue weighted by Crippen LogP contribution is -2.38. The predicted molar refractivity (Wildman–Crippen MR) is 152 cm³/mol. The first-order chi connectivity index (χ1) is 18.6. The molecule has 1 heterocycles. The highest BCUT2D eigenvalue weighted by Gasteiger charge is 2.39. The predicted octanol–water partition coefficient (Wildman–Crippen LogP) is 6.77. The van der Waals surface area contributed by atoms with Crippen LogP contribution in [0.3, 0.4) is 0 Å². The summed E-state index contributed by atoms with van der Waals surface area (Å²) in [6, 6.07) is 21.2. The molecule has 1 fully saturated rings. The molecule has 206 valence electrons. The van der Waals surface area contributed by atoms with Crippen molar-refractivity contribution in [2.45, 2.75) is 40.7 Å². The van der Waals surface area contributed by atoms with Gasteiger partial charge in [0.2, 0.25) is 0 Å². The first-order valence-corrected chi connectivity index (χ1v) is 14.1. The molecule has 3 aromatic rings. The SMILES string of the molecule is C[C@H]1[C@@H](CSc2ccccc2C(=O)O)O[C@@H](c2cccc(NC(=O)C(Cl)(Cl)Cl)c2)O[C@H]1c1ccc(CO)cc1. The van der Waals surface area contributed by atoms with Gasteiger partial charge in [0.1, 0.15) is 0 Å². The molecule has 3 aromatic carbocycles. The van der Waals surface area contributed by atoms with E-state index >= 15 is 0 Å². The fourth-order valence-corrected chi connectivity index (χ4v) is 5.57. The van der Waals surface area contributed by atoms with E-state index in [2.05, 4.69) is 5.32 Å². The summed E-state index contributed by atoms with van der Waals surface area (Å²) >= 11 is 18.5. The molecule has 1 saturated heterocycles. The highest BCUT2D eigenvalue weighted by Crippen LogP contribution is 2.43. The third-order valence-electron chi connectivity index (χ3n) is 6.32. The molecule has 4 atom stereocenters. The molecule has 0 bridgehead atoms. The van der Waals surface area contributed by atoms with Crippen molar-refractivity contribution in [2.75, 3.05) is 11.1 Å². The lowest BCUT2D eigenvalue weighted by atomic mass is 9.91. The number of hydrogen-bond acceptors (Lipinski definition) is 6. The topological polar surface area (TPSA) is 105 Å². The average Bonchev–Trinajstić information content (AvgIpc) is 2.92. The lowest BCUT2D eigenvalue weighted by molar-refractivity contribution is -0.268. The van der Waals surface area contributed by atoms with E-state index < -0.39 is 22.0 Å².